The summed E-state index contributed by atoms with van der Waals surface area (Å²) >= 11 is 3.29. The molecule has 0 fully saturated rings. The minimum atomic E-state index is -0.591. The van der Waals surface area contributed by atoms with Gasteiger partial charge in [0, 0.05) is 4.47 Å². The molecule has 0 amide bonds. The van der Waals surface area contributed by atoms with Crippen molar-refractivity contribution in [3.8, 4) is 5.75 Å². The van der Waals surface area contributed by atoms with Gasteiger partial charge in [-0.3, -0.25) is 4.98 Å². The van der Waals surface area contributed by atoms with E-state index >= 15 is 0 Å². The van der Waals surface area contributed by atoms with Crippen LogP contribution in [-0.2, 0) is 0 Å². The molecule has 0 unspecified atom stereocenters. The Labute approximate surface area is 106 Å². The molecule has 2 aromatic rings. The summed E-state index contributed by atoms with van der Waals surface area (Å²) in [5.74, 6) is 0.0183. The molecular formula is C11H8BrN3O2. The lowest BCUT2D eigenvalue weighted by atomic mass is 10.3. The Morgan fingerprint density at radius 2 is 1.94 bits per heavy atom. The highest BCUT2D eigenvalue weighted by Gasteiger charge is 2.10. The van der Waals surface area contributed by atoms with E-state index in [1.165, 1.54) is 12.4 Å². The molecule has 0 saturated carbocycles. The Bertz CT molecular complexity index is 543. The summed E-state index contributed by atoms with van der Waals surface area (Å²) in [6, 6.07) is 6.88. The Kier molecular flexibility index (Phi) is 3.34. The van der Waals surface area contributed by atoms with Gasteiger partial charge in [0.25, 0.3) is 0 Å². The summed E-state index contributed by atoms with van der Waals surface area (Å²) in [5, 5.41) is 0. The number of halogens is 1. The Morgan fingerprint density at radius 1 is 1.24 bits per heavy atom. The van der Waals surface area contributed by atoms with E-state index in [-0.39, 0.29) is 11.5 Å². The summed E-state index contributed by atoms with van der Waals surface area (Å²) in [7, 11) is 0. The molecule has 17 heavy (non-hydrogen) atoms. The SMILES string of the molecule is Nc1cncc(C(=O)Oc2ccc(Br)cc2)n1. The molecule has 1 aromatic carbocycles. The monoisotopic (exact) mass is 293 g/mol. The number of esters is 1. The van der Waals surface area contributed by atoms with Crippen molar-refractivity contribution in [2.24, 2.45) is 0 Å². The third-order valence-electron chi connectivity index (χ3n) is 1.89. The fraction of sp³-hybridized carbons (Fsp3) is 0. The van der Waals surface area contributed by atoms with Crippen molar-refractivity contribution in [3.63, 3.8) is 0 Å². The van der Waals surface area contributed by atoms with Crippen molar-refractivity contribution in [1.82, 2.24) is 9.97 Å². The molecule has 0 radical (unpaired) electrons. The molecular weight excluding hydrogens is 286 g/mol. The highest BCUT2D eigenvalue weighted by atomic mass is 79.9. The zero-order chi connectivity index (χ0) is 12.3. The van der Waals surface area contributed by atoms with Crippen LogP contribution < -0.4 is 10.5 Å². The summed E-state index contributed by atoms with van der Waals surface area (Å²) in [4.78, 5) is 19.2. The summed E-state index contributed by atoms with van der Waals surface area (Å²) < 4.78 is 6.00. The fourth-order valence-corrected chi connectivity index (χ4v) is 1.41. The average molecular weight is 294 g/mol. The first kappa shape index (κ1) is 11.5. The predicted octanol–water partition coefficient (Wildman–Crippen LogP) is 2.04. The summed E-state index contributed by atoms with van der Waals surface area (Å²) in [6.07, 6.45) is 2.66. The minimum Gasteiger partial charge on any atom is -0.422 e. The zero-order valence-electron chi connectivity index (χ0n) is 8.63. The van der Waals surface area contributed by atoms with E-state index < -0.39 is 5.97 Å². The quantitative estimate of drug-likeness (QED) is 0.677. The molecule has 0 spiro atoms. The van der Waals surface area contributed by atoms with Gasteiger partial charge in [0.1, 0.15) is 11.6 Å². The maximum absolute atomic E-state index is 11.7. The first-order chi connectivity index (χ1) is 8.15. The maximum Gasteiger partial charge on any atom is 0.364 e. The number of carbonyl (C=O) groups excluding carboxylic acids is 1. The predicted molar refractivity (Wildman–Crippen MR) is 65.5 cm³/mol. The van der Waals surface area contributed by atoms with Crippen LogP contribution in [0.5, 0.6) is 5.75 Å². The number of benzene rings is 1. The maximum atomic E-state index is 11.7. The third-order valence-corrected chi connectivity index (χ3v) is 2.42. The van der Waals surface area contributed by atoms with Crippen LogP contribution in [-0.4, -0.2) is 15.9 Å². The second-order valence-corrected chi connectivity index (χ2v) is 4.09. The van der Waals surface area contributed by atoms with E-state index in [9.17, 15) is 4.79 Å². The standard InChI is InChI=1S/C11H8BrN3O2/c12-7-1-3-8(4-2-7)17-11(16)9-5-14-6-10(13)15-9/h1-6H,(H2,13,15). The summed E-state index contributed by atoms with van der Waals surface area (Å²) in [6.45, 7) is 0. The van der Waals surface area contributed by atoms with E-state index in [0.29, 0.717) is 5.75 Å². The molecule has 0 bridgehead atoms. The van der Waals surface area contributed by atoms with E-state index in [2.05, 4.69) is 25.9 Å². The Morgan fingerprint density at radius 3 is 2.59 bits per heavy atom. The van der Waals surface area contributed by atoms with Gasteiger partial charge in [-0.25, -0.2) is 9.78 Å². The van der Waals surface area contributed by atoms with Crippen molar-refractivity contribution >= 4 is 27.7 Å². The molecule has 2 rings (SSSR count). The van der Waals surface area contributed by atoms with Crippen molar-refractivity contribution in [3.05, 3.63) is 46.8 Å². The molecule has 2 N–H and O–H groups in total. The molecule has 0 atom stereocenters. The van der Waals surface area contributed by atoms with Crippen LogP contribution in [0.4, 0.5) is 5.82 Å². The Balaban J connectivity index is 2.14. The number of hydrogen-bond donors (Lipinski definition) is 1. The summed E-state index contributed by atoms with van der Waals surface area (Å²) in [5.41, 5.74) is 5.50. The van der Waals surface area contributed by atoms with Gasteiger partial charge in [0.05, 0.1) is 12.4 Å². The molecule has 0 saturated heterocycles. The van der Waals surface area contributed by atoms with Gasteiger partial charge in [-0.1, -0.05) is 15.9 Å². The molecule has 0 aliphatic heterocycles. The van der Waals surface area contributed by atoms with Crippen molar-refractivity contribution in [2.75, 3.05) is 5.73 Å². The van der Waals surface area contributed by atoms with Crippen LogP contribution >= 0.6 is 15.9 Å². The molecule has 0 aliphatic rings. The number of aromatic nitrogens is 2. The van der Waals surface area contributed by atoms with E-state index in [1.807, 2.05) is 0 Å². The molecule has 0 aliphatic carbocycles. The van der Waals surface area contributed by atoms with Crippen molar-refractivity contribution in [2.45, 2.75) is 0 Å². The van der Waals surface area contributed by atoms with Gasteiger partial charge < -0.3 is 10.5 Å². The van der Waals surface area contributed by atoms with Gasteiger partial charge in [-0.05, 0) is 24.3 Å². The lowest BCUT2D eigenvalue weighted by Gasteiger charge is -2.03. The zero-order valence-corrected chi connectivity index (χ0v) is 10.2. The van der Waals surface area contributed by atoms with E-state index in [0.717, 1.165) is 4.47 Å². The minimum absolute atomic E-state index is 0.0768. The van der Waals surface area contributed by atoms with Crippen molar-refractivity contribution in [1.29, 1.82) is 0 Å². The van der Waals surface area contributed by atoms with E-state index in [1.54, 1.807) is 24.3 Å². The molecule has 5 nitrogen and oxygen atoms in total. The highest BCUT2D eigenvalue weighted by molar-refractivity contribution is 9.10. The normalized spacial score (nSPS) is 9.94. The number of ether oxygens (including phenoxy) is 1. The lowest BCUT2D eigenvalue weighted by Crippen LogP contribution is -2.12. The van der Waals surface area contributed by atoms with Gasteiger partial charge >= 0.3 is 5.97 Å². The highest BCUT2D eigenvalue weighted by Crippen LogP contribution is 2.17. The van der Waals surface area contributed by atoms with Crippen LogP contribution in [0, 0.1) is 0 Å². The van der Waals surface area contributed by atoms with Gasteiger partial charge in [-0.15, -0.1) is 0 Å². The van der Waals surface area contributed by atoms with Crippen LogP contribution in [0.25, 0.3) is 0 Å². The first-order valence-electron chi connectivity index (χ1n) is 4.70. The molecule has 86 valence electrons. The van der Waals surface area contributed by atoms with Crippen LogP contribution in [0.2, 0.25) is 0 Å². The second kappa shape index (κ2) is 4.92. The van der Waals surface area contributed by atoms with Gasteiger partial charge in [0.2, 0.25) is 0 Å². The molecule has 1 heterocycles. The number of hydrogen-bond acceptors (Lipinski definition) is 5. The first-order valence-corrected chi connectivity index (χ1v) is 5.50. The average Bonchev–Trinajstić information content (AvgIpc) is 2.32. The third kappa shape index (κ3) is 3.01. The molecule has 6 heteroatoms. The molecule has 1 aromatic heterocycles. The number of anilines is 1. The lowest BCUT2D eigenvalue weighted by molar-refractivity contribution is 0.0728. The van der Waals surface area contributed by atoms with Gasteiger partial charge in [0.15, 0.2) is 5.69 Å². The number of carbonyl (C=O) groups is 1. The van der Waals surface area contributed by atoms with Crippen LogP contribution in [0.15, 0.2) is 41.1 Å². The topological polar surface area (TPSA) is 78.1 Å². The number of nitrogen functional groups attached to an aromatic ring is 1. The largest absolute Gasteiger partial charge is 0.422 e. The van der Waals surface area contributed by atoms with E-state index in [4.69, 9.17) is 10.5 Å². The van der Waals surface area contributed by atoms with Crippen LogP contribution in [0.1, 0.15) is 10.5 Å². The van der Waals surface area contributed by atoms with Crippen molar-refractivity contribution < 1.29 is 9.53 Å². The number of nitrogens with two attached hydrogens (primary N) is 1. The number of rotatable bonds is 2. The van der Waals surface area contributed by atoms with Gasteiger partial charge in [-0.2, -0.15) is 0 Å². The smallest absolute Gasteiger partial charge is 0.364 e. The van der Waals surface area contributed by atoms with Crippen LogP contribution in [0.3, 0.4) is 0 Å². The number of nitrogens with zero attached hydrogens (tertiary/aromatic N) is 2. The Hall–Kier alpha value is -1.95. The second-order valence-electron chi connectivity index (χ2n) is 3.17. The fourth-order valence-electron chi connectivity index (χ4n) is 1.14.